The number of esters is 1. The molecule has 5 nitrogen and oxygen atoms in total. The minimum absolute atomic E-state index is 0.0380. The Morgan fingerprint density at radius 2 is 1.19 bits per heavy atom. The number of nitrogens with one attached hydrogen (secondary N) is 1. The van der Waals surface area contributed by atoms with Gasteiger partial charge >= 0.3 is 5.97 Å². The molecule has 0 aromatic rings. The number of unbranched alkanes of at least 4 members (excludes halogenated alkanes) is 23. The summed E-state index contributed by atoms with van der Waals surface area (Å²) in [6.07, 6.45) is 35.4. The maximum Gasteiger partial charge on any atom is 0.306 e. The monoisotopic (exact) mass is 704 g/mol. The van der Waals surface area contributed by atoms with Crippen molar-refractivity contribution in [3.8, 4) is 0 Å². The molecule has 1 unspecified atom stereocenters. The molecule has 279 valence electrons. The van der Waals surface area contributed by atoms with Gasteiger partial charge in [-0.15, -0.1) is 0 Å². The molecule has 0 aliphatic rings. The standard InChI is InChI=1S/C39H80BNO4PS/c1-4-7-10-13-15-17-18-19-21-23-26-29-33-41-37(36-44-47-46-40)35-43-34-32-38(30-27-24-12-9-6-3)45-39(42)31-28-25-22-20-16-14-11-8-5-2/h37-38,40-41,46H,4-36H2,1-3H3/t37-,38-,46?/m1/s1/i40T,46D. The van der Waals surface area contributed by atoms with Crippen molar-refractivity contribution >= 4 is 32.8 Å². The molecule has 0 aliphatic heterocycles. The zero-order valence-corrected chi connectivity index (χ0v) is 33.3. The van der Waals surface area contributed by atoms with Crippen LogP contribution in [0.5, 0.6) is 0 Å². The molecule has 0 rings (SSSR count). The Kier molecular flexibility index (Phi) is 37.5. The van der Waals surface area contributed by atoms with Crippen LogP contribution in [0.1, 0.15) is 207 Å². The molecule has 0 saturated carbocycles. The second-order valence-corrected chi connectivity index (χ2v) is 15.4. The van der Waals surface area contributed by atoms with Crippen LogP contribution in [0.3, 0.4) is 0 Å². The van der Waals surface area contributed by atoms with Crippen molar-refractivity contribution in [1.29, 1.82) is 2.61 Å². The van der Waals surface area contributed by atoms with E-state index >= 15 is 0 Å². The summed E-state index contributed by atoms with van der Waals surface area (Å²) in [6.45, 7) is 9.22. The van der Waals surface area contributed by atoms with Crippen LogP contribution in [0, 0.1) is 0 Å². The second-order valence-electron chi connectivity index (χ2n) is 13.8. The summed E-state index contributed by atoms with van der Waals surface area (Å²) in [5.74, 6) is -0.0491. The average molecular weight is 704 g/mol. The highest BCUT2D eigenvalue weighted by molar-refractivity contribution is 8.53. The number of ether oxygens (including phenoxy) is 2. The van der Waals surface area contributed by atoms with Gasteiger partial charge in [0.15, 0.2) is 0 Å². The molecule has 0 aromatic carbocycles. The van der Waals surface area contributed by atoms with Crippen LogP contribution in [-0.4, -0.2) is 54.6 Å². The van der Waals surface area contributed by atoms with E-state index in [0.717, 1.165) is 64.3 Å². The number of rotatable bonds is 41. The first kappa shape index (κ1) is 43.4. The lowest BCUT2D eigenvalue weighted by atomic mass is 10.1. The fourth-order valence-corrected chi connectivity index (χ4v) is 6.74. The Hall–Kier alpha value is 0.195. The van der Waals surface area contributed by atoms with E-state index in [4.69, 9.17) is 16.3 Å². The van der Waals surface area contributed by atoms with Gasteiger partial charge in [0.05, 0.1) is 27.1 Å². The van der Waals surface area contributed by atoms with E-state index in [-0.39, 0.29) is 18.1 Å². The normalized spacial score (nSPS) is 14.0. The molecule has 0 aromatic heterocycles. The van der Waals surface area contributed by atoms with Crippen LogP contribution in [-0.2, 0) is 18.5 Å². The largest absolute Gasteiger partial charge is 0.462 e. The van der Waals surface area contributed by atoms with Gasteiger partial charge in [0, 0.05) is 24.5 Å². The highest BCUT2D eigenvalue weighted by Crippen LogP contribution is 2.24. The lowest BCUT2D eigenvalue weighted by Gasteiger charge is -2.21. The van der Waals surface area contributed by atoms with Gasteiger partial charge in [-0.3, -0.25) is 4.79 Å². The maximum atomic E-state index is 12.7. The van der Waals surface area contributed by atoms with E-state index in [1.54, 1.807) is 0 Å². The Labute approximate surface area is 303 Å². The van der Waals surface area contributed by atoms with Crippen LogP contribution >= 0.6 is 19.3 Å². The fraction of sp³-hybridized carbons (Fsp3) is 0.974. The number of carbonyl (C=O) groups excluding carboxylic acids is 1. The topological polar surface area (TPSA) is 56.8 Å². The molecule has 47 heavy (non-hydrogen) atoms. The van der Waals surface area contributed by atoms with Crippen molar-refractivity contribution in [3.63, 3.8) is 0 Å². The van der Waals surface area contributed by atoms with Crippen LogP contribution < -0.4 is 5.32 Å². The summed E-state index contributed by atoms with van der Waals surface area (Å²) in [6, 6.07) is 0.0380. The SMILES string of the molecule is [2H]P([B][3H])SOC[C@@H](COCC[C@@H](CCCCCCC)OC(=O)CCCCCCCCCCC)NCCCCCCCCCCCCCC. The lowest BCUT2D eigenvalue weighted by molar-refractivity contribution is -0.150. The predicted molar refractivity (Wildman–Crippen MR) is 212 cm³/mol. The van der Waals surface area contributed by atoms with Crippen LogP contribution in [0.25, 0.3) is 0 Å². The first-order chi connectivity index (χ1) is 24.1. The van der Waals surface area contributed by atoms with Crippen molar-refractivity contribution in [2.45, 2.75) is 219 Å². The van der Waals surface area contributed by atoms with Crippen molar-refractivity contribution in [2.75, 3.05) is 26.4 Å². The third-order valence-electron chi connectivity index (χ3n) is 9.14. The molecular formula is C39H80BNO4PS. The van der Waals surface area contributed by atoms with Gasteiger partial charge < -0.3 is 19.0 Å². The number of carbonyl (C=O) groups is 1. The summed E-state index contributed by atoms with van der Waals surface area (Å²) in [4.78, 5) is 12.7. The summed E-state index contributed by atoms with van der Waals surface area (Å²) in [7, 11) is -0.183. The molecule has 1 radical (unpaired) electrons. The average Bonchev–Trinajstić information content (AvgIpc) is 3.10. The van der Waals surface area contributed by atoms with Gasteiger partial charge in [-0.2, -0.15) is 0 Å². The van der Waals surface area contributed by atoms with Crippen LogP contribution in [0.2, 0.25) is 0 Å². The van der Waals surface area contributed by atoms with E-state index in [1.165, 1.54) is 141 Å². The van der Waals surface area contributed by atoms with E-state index in [1.807, 2.05) is 0 Å². The van der Waals surface area contributed by atoms with Gasteiger partial charge in [-0.1, -0.05) is 176 Å². The summed E-state index contributed by atoms with van der Waals surface area (Å²) in [5, 5.41) is 3.61. The summed E-state index contributed by atoms with van der Waals surface area (Å²) < 4.78 is 32.9. The van der Waals surface area contributed by atoms with E-state index in [0.29, 0.717) is 26.2 Å². The first-order valence-electron chi connectivity index (χ1n) is 21.4. The minimum atomic E-state index is -1.33. The molecule has 0 amide bonds. The zero-order chi connectivity index (χ0) is 35.9. The van der Waals surface area contributed by atoms with E-state index in [2.05, 4.69) is 26.1 Å². The molecular weight excluding hydrogens is 620 g/mol. The highest BCUT2D eigenvalue weighted by atomic mass is 32.7. The summed E-state index contributed by atoms with van der Waals surface area (Å²) in [5.41, 5.74) is 0. The molecule has 8 heteroatoms. The van der Waals surface area contributed by atoms with Crippen LogP contribution in [0.15, 0.2) is 0 Å². The fourth-order valence-electron chi connectivity index (χ4n) is 6.08. The Morgan fingerprint density at radius 1 is 0.702 bits per heavy atom. The smallest absolute Gasteiger partial charge is 0.306 e. The first-order valence-corrected chi connectivity index (χ1v) is 22.7. The van der Waals surface area contributed by atoms with Crippen molar-refractivity contribution in [3.05, 3.63) is 0 Å². The second kappa shape index (κ2) is 40.6. The maximum absolute atomic E-state index is 12.7. The predicted octanol–water partition coefficient (Wildman–Crippen LogP) is 12.3. The quantitative estimate of drug-likeness (QED) is 0.0225. The molecule has 0 heterocycles. The third kappa shape index (κ3) is 37.3. The molecule has 0 fully saturated rings. The molecule has 1 N–H and O–H groups in total. The van der Waals surface area contributed by atoms with Crippen molar-refractivity contribution in [1.82, 2.24) is 5.32 Å². The Bertz CT molecular complexity index is 677. The van der Waals surface area contributed by atoms with E-state index in [9.17, 15) is 4.79 Å². The highest BCUT2D eigenvalue weighted by Gasteiger charge is 2.16. The van der Waals surface area contributed by atoms with Gasteiger partial charge in [0.25, 0.3) is 0 Å². The van der Waals surface area contributed by atoms with Crippen molar-refractivity contribution in [2.24, 2.45) is 0 Å². The van der Waals surface area contributed by atoms with E-state index < -0.39 is 7.61 Å². The van der Waals surface area contributed by atoms with Gasteiger partial charge in [-0.25, -0.2) is 0 Å². The number of hydrogen-bond acceptors (Lipinski definition) is 6. The van der Waals surface area contributed by atoms with Crippen molar-refractivity contribution < 1.29 is 18.5 Å². The molecule has 3 atom stereocenters. The molecule has 0 saturated heterocycles. The van der Waals surface area contributed by atoms with Crippen LogP contribution in [0.4, 0.5) is 0 Å². The molecule has 0 bridgehead atoms. The molecule has 0 spiro atoms. The minimum Gasteiger partial charge on any atom is -0.462 e. The third-order valence-corrected chi connectivity index (χ3v) is 10.0. The Balaban J connectivity index is 4.44. The summed E-state index contributed by atoms with van der Waals surface area (Å²) >= 11 is 1.08. The van der Waals surface area contributed by atoms with Gasteiger partial charge in [0.1, 0.15) is 13.6 Å². The zero-order valence-electron chi connectivity index (χ0n) is 33.6. The molecule has 0 aliphatic carbocycles. The van der Waals surface area contributed by atoms with Gasteiger partial charge in [-0.05, 0) is 33.6 Å². The lowest BCUT2D eigenvalue weighted by Crippen LogP contribution is -2.38. The Morgan fingerprint density at radius 3 is 1.72 bits per heavy atom. The van der Waals surface area contributed by atoms with Gasteiger partial charge in [0.2, 0.25) is 0 Å². The number of hydrogen-bond donors (Lipinski definition) is 1.